The molecule has 2 aromatic rings. The van der Waals surface area contributed by atoms with Crippen LogP contribution in [0.1, 0.15) is 36.1 Å². The van der Waals surface area contributed by atoms with Crippen LogP contribution in [0.3, 0.4) is 0 Å². The second-order valence-electron chi connectivity index (χ2n) is 8.48. The molecule has 2 unspecified atom stereocenters. The molecule has 1 saturated heterocycles. The van der Waals surface area contributed by atoms with Crippen LogP contribution in [0.25, 0.3) is 6.08 Å². The number of nitrogens with zero attached hydrogens (tertiary/aromatic N) is 2. The van der Waals surface area contributed by atoms with Gasteiger partial charge in [0, 0.05) is 43.2 Å². The molecule has 0 aliphatic carbocycles. The van der Waals surface area contributed by atoms with Crippen LogP contribution in [0, 0.1) is 0 Å². The van der Waals surface area contributed by atoms with Crippen molar-refractivity contribution in [3.8, 4) is 5.75 Å². The van der Waals surface area contributed by atoms with Crippen molar-refractivity contribution < 1.29 is 14.6 Å². The molecular formula is C26H32N2O3S. The molecule has 0 bridgehead atoms. The first-order valence-corrected chi connectivity index (χ1v) is 12.3. The predicted octanol–water partition coefficient (Wildman–Crippen LogP) is 4.01. The third-order valence-electron chi connectivity index (χ3n) is 6.45. The lowest BCUT2D eigenvalue weighted by Crippen LogP contribution is -2.52. The predicted molar refractivity (Wildman–Crippen MR) is 130 cm³/mol. The average molecular weight is 453 g/mol. The molecule has 2 aliphatic heterocycles. The summed E-state index contributed by atoms with van der Waals surface area (Å²) in [4.78, 5) is 18.2. The summed E-state index contributed by atoms with van der Waals surface area (Å²) in [6.07, 6.45) is 5.24. The molecule has 170 valence electrons. The zero-order chi connectivity index (χ0) is 22.5. The maximum absolute atomic E-state index is 12.6. The molecule has 1 amide bonds. The number of fused-ring (bicyclic) bond motifs is 1. The van der Waals surface area contributed by atoms with Crippen LogP contribution >= 0.6 is 11.8 Å². The van der Waals surface area contributed by atoms with Gasteiger partial charge in [-0.3, -0.25) is 9.69 Å². The monoisotopic (exact) mass is 452 g/mol. The lowest BCUT2D eigenvalue weighted by Gasteiger charge is -2.39. The minimum absolute atomic E-state index is 0.00821. The van der Waals surface area contributed by atoms with E-state index < -0.39 is 6.10 Å². The lowest BCUT2D eigenvalue weighted by atomic mass is 9.98. The molecule has 1 N–H and O–H groups in total. The number of thioether (sulfide) groups is 1. The van der Waals surface area contributed by atoms with E-state index in [4.69, 9.17) is 4.74 Å². The number of carbonyl (C=O) groups excluding carboxylic acids is 1. The van der Waals surface area contributed by atoms with Crippen LogP contribution in [0.4, 0.5) is 0 Å². The van der Waals surface area contributed by atoms with Crippen LogP contribution in [-0.4, -0.2) is 65.9 Å². The summed E-state index contributed by atoms with van der Waals surface area (Å²) in [7, 11) is 1.63. The van der Waals surface area contributed by atoms with Gasteiger partial charge in [0.15, 0.2) is 0 Å². The molecule has 2 aliphatic rings. The minimum Gasteiger partial charge on any atom is -0.497 e. The number of aryl methyl sites for hydroxylation is 1. The highest BCUT2D eigenvalue weighted by molar-refractivity contribution is 7.99. The van der Waals surface area contributed by atoms with Gasteiger partial charge in [-0.25, -0.2) is 0 Å². The van der Waals surface area contributed by atoms with Gasteiger partial charge < -0.3 is 14.7 Å². The van der Waals surface area contributed by atoms with Crippen LogP contribution in [-0.2, 0) is 11.2 Å². The number of aliphatic hydroxyl groups excluding tert-OH is 1. The van der Waals surface area contributed by atoms with Gasteiger partial charge in [-0.15, -0.1) is 11.8 Å². The van der Waals surface area contributed by atoms with Gasteiger partial charge in [0.1, 0.15) is 5.75 Å². The van der Waals surface area contributed by atoms with Gasteiger partial charge in [0.2, 0.25) is 5.91 Å². The lowest BCUT2D eigenvalue weighted by molar-refractivity contribution is -0.128. The van der Waals surface area contributed by atoms with E-state index in [1.54, 1.807) is 13.2 Å². The number of ether oxygens (including phenoxy) is 1. The molecule has 6 heteroatoms. The van der Waals surface area contributed by atoms with Gasteiger partial charge >= 0.3 is 0 Å². The Morgan fingerprint density at radius 2 is 1.97 bits per heavy atom. The van der Waals surface area contributed by atoms with E-state index in [-0.39, 0.29) is 11.9 Å². The van der Waals surface area contributed by atoms with Crippen LogP contribution < -0.4 is 4.74 Å². The van der Waals surface area contributed by atoms with Crippen molar-refractivity contribution in [2.24, 2.45) is 0 Å². The van der Waals surface area contributed by atoms with Crippen molar-refractivity contribution >= 4 is 23.7 Å². The number of benzene rings is 2. The smallest absolute Gasteiger partial charge is 0.246 e. The molecule has 5 nitrogen and oxygen atoms in total. The minimum atomic E-state index is -0.526. The number of aliphatic hydroxyl groups is 1. The topological polar surface area (TPSA) is 53.0 Å². The number of methoxy groups -OCH3 is 1. The number of hydrogen-bond donors (Lipinski definition) is 1. The third-order valence-corrected chi connectivity index (χ3v) is 7.65. The number of piperazine rings is 1. The standard InChI is InChI=1S/C26H32N2O3S/c1-19(26(30)22-9-10-24-21(18-22)6-4-16-32-24)27-12-14-28(15-13-27)25(29)11-8-20-5-3-7-23(17-20)31-2/h3,5,7-11,17-19,26,30H,4,6,12-16H2,1-2H3. The Morgan fingerprint density at radius 1 is 1.16 bits per heavy atom. The maximum atomic E-state index is 12.6. The second kappa shape index (κ2) is 10.6. The molecule has 2 aromatic carbocycles. The molecular weight excluding hydrogens is 420 g/mol. The third kappa shape index (κ3) is 5.37. The molecule has 1 fully saturated rings. The van der Waals surface area contributed by atoms with Crippen LogP contribution in [0.2, 0.25) is 0 Å². The summed E-state index contributed by atoms with van der Waals surface area (Å²) < 4.78 is 5.23. The first-order valence-electron chi connectivity index (χ1n) is 11.3. The molecule has 4 rings (SSSR count). The Morgan fingerprint density at radius 3 is 2.75 bits per heavy atom. The van der Waals surface area contributed by atoms with E-state index in [0.717, 1.165) is 36.4 Å². The number of carbonyl (C=O) groups is 1. The molecule has 0 spiro atoms. The Bertz CT molecular complexity index is 969. The van der Waals surface area contributed by atoms with E-state index in [1.165, 1.54) is 22.6 Å². The van der Waals surface area contributed by atoms with E-state index >= 15 is 0 Å². The SMILES string of the molecule is COc1cccc(C=CC(=O)N2CCN(C(C)C(O)c3ccc4c(c3)CCCS4)CC2)c1. The Labute approximate surface area is 195 Å². The number of rotatable bonds is 6. The fraction of sp³-hybridized carbons (Fsp3) is 0.423. The van der Waals surface area contributed by atoms with Gasteiger partial charge in [-0.1, -0.05) is 24.3 Å². The highest BCUT2D eigenvalue weighted by atomic mass is 32.2. The fourth-order valence-corrected chi connectivity index (χ4v) is 5.43. The van der Waals surface area contributed by atoms with Gasteiger partial charge in [-0.2, -0.15) is 0 Å². The van der Waals surface area contributed by atoms with E-state index in [9.17, 15) is 9.90 Å². The Balaban J connectivity index is 1.31. The highest BCUT2D eigenvalue weighted by Gasteiger charge is 2.28. The van der Waals surface area contributed by atoms with Crippen molar-refractivity contribution in [1.29, 1.82) is 0 Å². The fourth-order valence-electron chi connectivity index (χ4n) is 4.41. The number of hydrogen-bond acceptors (Lipinski definition) is 5. The normalized spacial score (nSPS) is 18.9. The molecule has 32 heavy (non-hydrogen) atoms. The van der Waals surface area contributed by atoms with Gasteiger partial charge in [-0.05, 0) is 66.5 Å². The Kier molecular flexibility index (Phi) is 7.55. The summed E-state index contributed by atoms with van der Waals surface area (Å²) in [5.74, 6) is 1.98. The zero-order valence-electron chi connectivity index (χ0n) is 18.9. The van der Waals surface area contributed by atoms with Crippen LogP contribution in [0.15, 0.2) is 53.4 Å². The zero-order valence-corrected chi connectivity index (χ0v) is 19.7. The van der Waals surface area contributed by atoms with E-state index in [2.05, 4.69) is 30.0 Å². The first-order chi connectivity index (χ1) is 15.5. The van der Waals surface area contributed by atoms with Crippen molar-refractivity contribution in [3.63, 3.8) is 0 Å². The van der Waals surface area contributed by atoms with E-state index in [1.807, 2.05) is 47.0 Å². The van der Waals surface area contributed by atoms with Gasteiger partial charge in [0.05, 0.1) is 13.2 Å². The summed E-state index contributed by atoms with van der Waals surface area (Å²) in [5.41, 5.74) is 3.30. The number of amides is 1. The molecule has 0 radical (unpaired) electrons. The highest BCUT2D eigenvalue weighted by Crippen LogP contribution is 2.33. The largest absolute Gasteiger partial charge is 0.497 e. The molecule has 0 saturated carbocycles. The second-order valence-corrected chi connectivity index (χ2v) is 9.61. The summed E-state index contributed by atoms with van der Waals surface area (Å²) in [5, 5.41) is 11.0. The first kappa shape index (κ1) is 22.9. The van der Waals surface area contributed by atoms with Crippen molar-refractivity contribution in [2.45, 2.75) is 36.8 Å². The van der Waals surface area contributed by atoms with Crippen molar-refractivity contribution in [1.82, 2.24) is 9.80 Å². The average Bonchev–Trinajstić information content (AvgIpc) is 2.86. The van der Waals surface area contributed by atoms with Crippen molar-refractivity contribution in [2.75, 3.05) is 39.0 Å². The summed E-state index contributed by atoms with van der Waals surface area (Å²) in [6.45, 7) is 4.94. The quantitative estimate of drug-likeness (QED) is 0.671. The molecule has 0 aromatic heterocycles. The summed E-state index contributed by atoms with van der Waals surface area (Å²) in [6, 6.07) is 14.1. The van der Waals surface area contributed by atoms with Crippen LogP contribution in [0.5, 0.6) is 5.75 Å². The van der Waals surface area contributed by atoms with Crippen molar-refractivity contribution in [3.05, 3.63) is 65.2 Å². The summed E-state index contributed by atoms with van der Waals surface area (Å²) >= 11 is 1.91. The maximum Gasteiger partial charge on any atom is 0.246 e. The Hall–Kier alpha value is -2.28. The molecule has 2 heterocycles. The van der Waals surface area contributed by atoms with E-state index in [0.29, 0.717) is 13.1 Å². The van der Waals surface area contributed by atoms with Gasteiger partial charge in [0.25, 0.3) is 0 Å². The molecule has 2 atom stereocenters.